The van der Waals surface area contributed by atoms with Gasteiger partial charge in [0, 0.05) is 37.6 Å². The van der Waals surface area contributed by atoms with Crippen molar-refractivity contribution in [3.8, 4) is 0 Å². The first-order valence-electron chi connectivity index (χ1n) is 7.56. The minimum atomic E-state index is -0.0660. The third-order valence-electron chi connectivity index (χ3n) is 3.80. The molecular formula is C16H25N3O2. The number of nitrogens with one attached hydrogen (secondary N) is 1. The van der Waals surface area contributed by atoms with Crippen LogP contribution in [0, 0.1) is 6.92 Å². The molecule has 1 fully saturated rings. The second-order valence-corrected chi connectivity index (χ2v) is 5.96. The summed E-state index contributed by atoms with van der Waals surface area (Å²) in [7, 11) is 0. The number of nitrogens with zero attached hydrogens (tertiary/aromatic N) is 2. The number of carbonyl (C=O) groups is 1. The van der Waals surface area contributed by atoms with E-state index in [0.29, 0.717) is 18.2 Å². The predicted octanol–water partition coefficient (Wildman–Crippen LogP) is 1.62. The lowest BCUT2D eigenvalue weighted by Gasteiger charge is -2.39. The molecule has 2 heterocycles. The van der Waals surface area contributed by atoms with Gasteiger partial charge in [-0.3, -0.25) is 14.7 Å². The SMILES string of the molecule is Cc1ccc(C(=O)NC[C@@H](C)N2C[C@@H](C)O[C@@H](C)C2)cn1. The fourth-order valence-electron chi connectivity index (χ4n) is 2.65. The van der Waals surface area contributed by atoms with Crippen LogP contribution in [0.3, 0.4) is 0 Å². The number of ether oxygens (including phenoxy) is 1. The van der Waals surface area contributed by atoms with Crippen LogP contribution < -0.4 is 5.32 Å². The van der Waals surface area contributed by atoms with Crippen LogP contribution in [0.4, 0.5) is 0 Å². The number of hydrogen-bond acceptors (Lipinski definition) is 4. The van der Waals surface area contributed by atoms with Crippen LogP contribution in [0.2, 0.25) is 0 Å². The second kappa shape index (κ2) is 7.00. The highest BCUT2D eigenvalue weighted by Gasteiger charge is 2.25. The smallest absolute Gasteiger partial charge is 0.252 e. The van der Waals surface area contributed by atoms with Gasteiger partial charge in [0.15, 0.2) is 0 Å². The summed E-state index contributed by atoms with van der Waals surface area (Å²) >= 11 is 0. The molecule has 1 aromatic heterocycles. The average Bonchev–Trinajstić information content (AvgIpc) is 2.44. The van der Waals surface area contributed by atoms with Gasteiger partial charge in [-0.05, 0) is 39.8 Å². The third kappa shape index (κ3) is 4.51. The zero-order valence-electron chi connectivity index (χ0n) is 13.3. The molecule has 116 valence electrons. The van der Waals surface area contributed by atoms with Gasteiger partial charge in [0.25, 0.3) is 5.91 Å². The van der Waals surface area contributed by atoms with Crippen LogP contribution in [0.1, 0.15) is 36.8 Å². The van der Waals surface area contributed by atoms with Gasteiger partial charge in [0.1, 0.15) is 0 Å². The number of morpholine rings is 1. The monoisotopic (exact) mass is 291 g/mol. The molecule has 0 aromatic carbocycles. The van der Waals surface area contributed by atoms with Gasteiger partial charge in [0.2, 0.25) is 0 Å². The quantitative estimate of drug-likeness (QED) is 0.916. The number of hydrogen-bond donors (Lipinski definition) is 1. The maximum absolute atomic E-state index is 12.1. The summed E-state index contributed by atoms with van der Waals surface area (Å²) in [5.74, 6) is -0.0660. The van der Waals surface area contributed by atoms with E-state index in [9.17, 15) is 4.79 Å². The Kier molecular flexibility index (Phi) is 5.31. The zero-order valence-corrected chi connectivity index (χ0v) is 13.3. The molecule has 3 atom stereocenters. The summed E-state index contributed by atoms with van der Waals surface area (Å²) in [6, 6.07) is 3.95. The van der Waals surface area contributed by atoms with E-state index in [0.717, 1.165) is 18.8 Å². The van der Waals surface area contributed by atoms with Crippen molar-refractivity contribution in [2.75, 3.05) is 19.6 Å². The molecule has 1 saturated heterocycles. The molecule has 0 radical (unpaired) electrons. The molecule has 1 aliphatic rings. The van der Waals surface area contributed by atoms with Gasteiger partial charge in [-0.25, -0.2) is 0 Å². The number of rotatable bonds is 4. The molecule has 1 amide bonds. The Morgan fingerprint density at radius 3 is 2.67 bits per heavy atom. The van der Waals surface area contributed by atoms with Crippen LogP contribution >= 0.6 is 0 Å². The van der Waals surface area contributed by atoms with Crippen molar-refractivity contribution in [2.24, 2.45) is 0 Å². The highest BCUT2D eigenvalue weighted by atomic mass is 16.5. The Morgan fingerprint density at radius 2 is 2.10 bits per heavy atom. The van der Waals surface area contributed by atoms with Crippen molar-refractivity contribution in [3.05, 3.63) is 29.6 Å². The van der Waals surface area contributed by atoms with E-state index < -0.39 is 0 Å². The molecule has 0 bridgehead atoms. The molecule has 1 N–H and O–H groups in total. The molecule has 0 saturated carbocycles. The van der Waals surface area contributed by atoms with Crippen molar-refractivity contribution >= 4 is 5.91 Å². The van der Waals surface area contributed by atoms with Crippen molar-refractivity contribution in [1.82, 2.24) is 15.2 Å². The Hall–Kier alpha value is -1.46. The first-order chi connectivity index (χ1) is 9.95. The largest absolute Gasteiger partial charge is 0.373 e. The Bertz CT molecular complexity index is 465. The number of aryl methyl sites for hydroxylation is 1. The lowest BCUT2D eigenvalue weighted by Crippen LogP contribution is -2.52. The van der Waals surface area contributed by atoms with Crippen LogP contribution in [0.15, 0.2) is 18.3 Å². The van der Waals surface area contributed by atoms with E-state index in [4.69, 9.17) is 4.74 Å². The first kappa shape index (κ1) is 15.9. The maximum Gasteiger partial charge on any atom is 0.252 e. The van der Waals surface area contributed by atoms with Crippen LogP contribution in [0.5, 0.6) is 0 Å². The topological polar surface area (TPSA) is 54.5 Å². The summed E-state index contributed by atoms with van der Waals surface area (Å²) in [6.07, 6.45) is 2.11. The Morgan fingerprint density at radius 1 is 1.43 bits per heavy atom. The normalized spacial score (nSPS) is 24.6. The lowest BCUT2D eigenvalue weighted by atomic mass is 10.1. The van der Waals surface area contributed by atoms with Crippen molar-refractivity contribution in [3.63, 3.8) is 0 Å². The lowest BCUT2D eigenvalue weighted by molar-refractivity contribution is -0.0778. The number of aromatic nitrogens is 1. The van der Waals surface area contributed by atoms with E-state index in [1.807, 2.05) is 13.0 Å². The molecular weight excluding hydrogens is 266 g/mol. The molecule has 1 aliphatic heterocycles. The van der Waals surface area contributed by atoms with E-state index >= 15 is 0 Å². The number of pyridine rings is 1. The van der Waals surface area contributed by atoms with Crippen LogP contribution in [0.25, 0.3) is 0 Å². The molecule has 0 aliphatic carbocycles. The van der Waals surface area contributed by atoms with Gasteiger partial charge in [-0.1, -0.05) is 0 Å². The fourth-order valence-corrected chi connectivity index (χ4v) is 2.65. The van der Waals surface area contributed by atoms with Gasteiger partial charge >= 0.3 is 0 Å². The minimum absolute atomic E-state index is 0.0660. The highest BCUT2D eigenvalue weighted by molar-refractivity contribution is 5.93. The summed E-state index contributed by atoms with van der Waals surface area (Å²) in [5.41, 5.74) is 1.52. The maximum atomic E-state index is 12.1. The van der Waals surface area contributed by atoms with Crippen molar-refractivity contribution in [1.29, 1.82) is 0 Å². The standard InChI is InChI=1S/C16H25N3O2/c1-11-5-6-15(8-17-11)16(20)18-7-12(2)19-9-13(3)21-14(4)10-19/h5-6,8,12-14H,7,9-10H2,1-4H3,(H,18,20)/t12-,13-,14+/m1/s1. The molecule has 0 unspecified atom stereocenters. The van der Waals surface area contributed by atoms with Gasteiger partial charge in [-0.15, -0.1) is 0 Å². The molecule has 5 heteroatoms. The summed E-state index contributed by atoms with van der Waals surface area (Å²) in [4.78, 5) is 18.6. The predicted molar refractivity (Wildman–Crippen MR) is 82.4 cm³/mol. The molecule has 2 rings (SSSR count). The summed E-state index contributed by atoms with van der Waals surface area (Å²) < 4.78 is 5.74. The molecule has 5 nitrogen and oxygen atoms in total. The molecule has 1 aromatic rings. The minimum Gasteiger partial charge on any atom is -0.373 e. The van der Waals surface area contributed by atoms with E-state index in [2.05, 4.69) is 36.0 Å². The highest BCUT2D eigenvalue weighted by Crippen LogP contribution is 2.13. The van der Waals surface area contributed by atoms with Crippen LogP contribution in [-0.2, 0) is 4.74 Å². The summed E-state index contributed by atoms with van der Waals surface area (Å²) in [5, 5.41) is 2.98. The second-order valence-electron chi connectivity index (χ2n) is 5.96. The molecule has 0 spiro atoms. The van der Waals surface area contributed by atoms with E-state index in [-0.39, 0.29) is 18.1 Å². The van der Waals surface area contributed by atoms with Crippen molar-refractivity contribution < 1.29 is 9.53 Å². The average molecular weight is 291 g/mol. The molecule has 21 heavy (non-hydrogen) atoms. The Balaban J connectivity index is 1.84. The van der Waals surface area contributed by atoms with Gasteiger partial charge in [-0.2, -0.15) is 0 Å². The number of carbonyl (C=O) groups excluding carboxylic acids is 1. The van der Waals surface area contributed by atoms with Crippen LogP contribution in [-0.4, -0.2) is 53.7 Å². The number of amides is 1. The Labute approximate surface area is 126 Å². The van der Waals surface area contributed by atoms with E-state index in [1.54, 1.807) is 12.3 Å². The van der Waals surface area contributed by atoms with Gasteiger partial charge in [0.05, 0.1) is 17.8 Å². The van der Waals surface area contributed by atoms with Gasteiger partial charge < -0.3 is 10.1 Å². The zero-order chi connectivity index (χ0) is 15.4. The van der Waals surface area contributed by atoms with E-state index in [1.165, 1.54) is 0 Å². The summed E-state index contributed by atoms with van der Waals surface area (Å²) in [6.45, 7) is 10.7. The first-order valence-corrected chi connectivity index (χ1v) is 7.56. The fraction of sp³-hybridized carbons (Fsp3) is 0.625. The van der Waals surface area contributed by atoms with Crippen molar-refractivity contribution in [2.45, 2.75) is 45.9 Å². The third-order valence-corrected chi connectivity index (χ3v) is 3.80.